The molecule has 0 radical (unpaired) electrons. The molecule has 4 nitrogen and oxygen atoms in total. The summed E-state index contributed by atoms with van der Waals surface area (Å²) < 4.78 is 0. The van der Waals surface area contributed by atoms with Crippen LogP contribution in [0.5, 0.6) is 0 Å². The lowest BCUT2D eigenvalue weighted by molar-refractivity contribution is -0.142. The second-order valence-electron chi connectivity index (χ2n) is 9.16. The second kappa shape index (κ2) is 9.78. The zero-order valence-electron chi connectivity index (χ0n) is 18.9. The molecule has 30 heavy (non-hydrogen) atoms. The van der Waals surface area contributed by atoms with Gasteiger partial charge in [0.15, 0.2) is 0 Å². The number of fused-ring (bicyclic) bond motifs is 1. The van der Waals surface area contributed by atoms with E-state index < -0.39 is 0 Å². The minimum absolute atomic E-state index is 0.0397. The van der Waals surface area contributed by atoms with Crippen LogP contribution in [0.15, 0.2) is 35.7 Å². The molecule has 1 aliphatic heterocycles. The summed E-state index contributed by atoms with van der Waals surface area (Å²) in [6, 6.07) is 10.4. The Morgan fingerprint density at radius 3 is 2.50 bits per heavy atom. The monoisotopic (exact) mass is 426 g/mol. The SMILES string of the molecule is Cc1ccccc1C1c2ccsc2CCN1C(=O)CN(CC(C)C)C(=O)CC(C)C. The molecule has 1 aromatic carbocycles. The fourth-order valence-electron chi connectivity index (χ4n) is 4.24. The molecule has 0 aliphatic carbocycles. The third-order valence-electron chi connectivity index (χ3n) is 5.62. The highest BCUT2D eigenvalue weighted by Gasteiger charge is 2.34. The number of amides is 2. The number of hydrogen-bond donors (Lipinski definition) is 0. The smallest absolute Gasteiger partial charge is 0.242 e. The van der Waals surface area contributed by atoms with Crippen LogP contribution in [0.4, 0.5) is 0 Å². The summed E-state index contributed by atoms with van der Waals surface area (Å²) in [5, 5.41) is 2.13. The van der Waals surface area contributed by atoms with Gasteiger partial charge in [-0.25, -0.2) is 0 Å². The molecular weight excluding hydrogens is 392 g/mol. The maximum absolute atomic E-state index is 13.5. The molecule has 0 saturated heterocycles. The first-order valence-electron chi connectivity index (χ1n) is 11.0. The van der Waals surface area contributed by atoms with Gasteiger partial charge >= 0.3 is 0 Å². The molecule has 5 heteroatoms. The molecule has 0 spiro atoms. The molecule has 2 heterocycles. The molecule has 1 atom stereocenters. The molecule has 1 aromatic heterocycles. The molecule has 2 aromatic rings. The maximum atomic E-state index is 13.5. The third-order valence-corrected chi connectivity index (χ3v) is 6.61. The number of hydrogen-bond acceptors (Lipinski definition) is 3. The summed E-state index contributed by atoms with van der Waals surface area (Å²) >= 11 is 1.77. The van der Waals surface area contributed by atoms with Crippen LogP contribution in [-0.2, 0) is 16.0 Å². The van der Waals surface area contributed by atoms with Crippen LogP contribution in [0.1, 0.15) is 61.7 Å². The normalized spacial score (nSPS) is 16.1. The van der Waals surface area contributed by atoms with Crippen molar-refractivity contribution < 1.29 is 9.59 Å². The Labute approximate surface area is 184 Å². The van der Waals surface area contributed by atoms with Gasteiger partial charge in [-0.15, -0.1) is 11.3 Å². The van der Waals surface area contributed by atoms with Crippen molar-refractivity contribution in [3.63, 3.8) is 0 Å². The van der Waals surface area contributed by atoms with E-state index in [1.54, 1.807) is 16.2 Å². The summed E-state index contributed by atoms with van der Waals surface area (Å²) in [7, 11) is 0. The van der Waals surface area contributed by atoms with Gasteiger partial charge < -0.3 is 9.80 Å². The minimum atomic E-state index is -0.0743. The summed E-state index contributed by atoms with van der Waals surface area (Å²) in [5.74, 6) is 0.724. The third kappa shape index (κ3) is 5.12. The Morgan fingerprint density at radius 1 is 1.10 bits per heavy atom. The van der Waals surface area contributed by atoms with Gasteiger partial charge in [0.1, 0.15) is 0 Å². The van der Waals surface area contributed by atoms with E-state index in [4.69, 9.17) is 0 Å². The molecule has 0 saturated carbocycles. The average molecular weight is 427 g/mol. The van der Waals surface area contributed by atoms with E-state index in [-0.39, 0.29) is 30.3 Å². The predicted octanol–water partition coefficient (Wildman–Crippen LogP) is 5.06. The lowest BCUT2D eigenvalue weighted by Crippen LogP contribution is -2.47. The van der Waals surface area contributed by atoms with Crippen LogP contribution >= 0.6 is 11.3 Å². The van der Waals surface area contributed by atoms with Crippen LogP contribution in [0.3, 0.4) is 0 Å². The first-order chi connectivity index (χ1) is 14.3. The van der Waals surface area contributed by atoms with E-state index in [0.717, 1.165) is 6.42 Å². The zero-order valence-corrected chi connectivity index (χ0v) is 19.7. The molecule has 0 N–H and O–H groups in total. The highest BCUT2D eigenvalue weighted by atomic mass is 32.1. The molecular formula is C25H34N2O2S. The quantitative estimate of drug-likeness (QED) is 0.621. The van der Waals surface area contributed by atoms with Crippen molar-refractivity contribution in [2.45, 2.75) is 53.5 Å². The summed E-state index contributed by atoms with van der Waals surface area (Å²) in [6.45, 7) is 11.8. The highest BCUT2D eigenvalue weighted by Crippen LogP contribution is 2.39. The largest absolute Gasteiger partial charge is 0.333 e. The summed E-state index contributed by atoms with van der Waals surface area (Å²) in [6.07, 6.45) is 1.36. The lowest BCUT2D eigenvalue weighted by atomic mass is 9.90. The van der Waals surface area contributed by atoms with Gasteiger partial charge in [0.05, 0.1) is 12.6 Å². The van der Waals surface area contributed by atoms with Crippen LogP contribution in [0.25, 0.3) is 0 Å². The topological polar surface area (TPSA) is 40.6 Å². The Hall–Kier alpha value is -2.14. The van der Waals surface area contributed by atoms with Crippen LogP contribution in [0, 0.1) is 18.8 Å². The molecule has 162 valence electrons. The fourth-order valence-corrected chi connectivity index (χ4v) is 5.15. The van der Waals surface area contributed by atoms with Crippen molar-refractivity contribution in [3.8, 4) is 0 Å². The fraction of sp³-hybridized carbons (Fsp3) is 0.520. The van der Waals surface area contributed by atoms with Crippen molar-refractivity contribution in [2.75, 3.05) is 19.6 Å². The van der Waals surface area contributed by atoms with E-state index in [2.05, 4.69) is 44.4 Å². The lowest BCUT2D eigenvalue weighted by Gasteiger charge is -2.38. The summed E-state index contributed by atoms with van der Waals surface area (Å²) in [4.78, 5) is 31.5. The number of rotatable bonds is 7. The Morgan fingerprint density at radius 2 is 1.83 bits per heavy atom. The van der Waals surface area contributed by atoms with Crippen molar-refractivity contribution in [2.24, 2.45) is 11.8 Å². The van der Waals surface area contributed by atoms with E-state index in [1.807, 2.05) is 30.9 Å². The van der Waals surface area contributed by atoms with E-state index in [9.17, 15) is 9.59 Å². The molecule has 2 amide bonds. The van der Waals surface area contributed by atoms with Crippen LogP contribution in [-0.4, -0.2) is 41.2 Å². The van der Waals surface area contributed by atoms with Crippen LogP contribution in [0.2, 0.25) is 0 Å². The van der Waals surface area contributed by atoms with Gasteiger partial charge in [-0.2, -0.15) is 0 Å². The van der Waals surface area contributed by atoms with Crippen molar-refractivity contribution in [3.05, 3.63) is 57.3 Å². The zero-order chi connectivity index (χ0) is 21.8. The van der Waals surface area contributed by atoms with Gasteiger partial charge in [-0.05, 0) is 53.3 Å². The van der Waals surface area contributed by atoms with Crippen molar-refractivity contribution >= 4 is 23.2 Å². The first-order valence-corrected chi connectivity index (χ1v) is 11.8. The van der Waals surface area contributed by atoms with Gasteiger partial charge in [0.25, 0.3) is 0 Å². The standard InChI is InChI=1S/C25H34N2O2S/c1-17(2)14-23(28)26(15-18(3)4)16-24(29)27-12-10-22-21(11-13-30-22)25(27)20-9-7-6-8-19(20)5/h6-9,11,13,17-18,25H,10,12,14-16H2,1-5H3. The highest BCUT2D eigenvalue weighted by molar-refractivity contribution is 7.10. The minimum Gasteiger partial charge on any atom is -0.333 e. The molecule has 1 unspecified atom stereocenters. The maximum Gasteiger partial charge on any atom is 0.242 e. The van der Waals surface area contributed by atoms with Crippen LogP contribution < -0.4 is 0 Å². The number of carbonyl (C=O) groups excluding carboxylic acids is 2. The summed E-state index contributed by atoms with van der Waals surface area (Å²) in [5.41, 5.74) is 3.60. The molecule has 1 aliphatic rings. The second-order valence-corrected chi connectivity index (χ2v) is 10.2. The number of aryl methyl sites for hydroxylation is 1. The Kier molecular flexibility index (Phi) is 7.35. The van der Waals surface area contributed by atoms with E-state index in [0.29, 0.717) is 25.4 Å². The van der Waals surface area contributed by atoms with Gasteiger partial charge in [-0.3, -0.25) is 9.59 Å². The molecule has 0 bridgehead atoms. The Bertz CT molecular complexity index is 887. The van der Waals surface area contributed by atoms with Gasteiger partial charge in [-0.1, -0.05) is 52.0 Å². The predicted molar refractivity (Wildman–Crippen MR) is 124 cm³/mol. The number of carbonyl (C=O) groups is 2. The van der Waals surface area contributed by atoms with Gasteiger partial charge in [0.2, 0.25) is 11.8 Å². The molecule has 0 fully saturated rings. The van der Waals surface area contributed by atoms with E-state index in [1.165, 1.54) is 21.6 Å². The Balaban J connectivity index is 1.89. The number of thiophene rings is 1. The molecule has 3 rings (SSSR count). The van der Waals surface area contributed by atoms with Crippen molar-refractivity contribution in [1.29, 1.82) is 0 Å². The first kappa shape index (κ1) is 22.5. The number of nitrogens with zero attached hydrogens (tertiary/aromatic N) is 2. The van der Waals surface area contributed by atoms with E-state index >= 15 is 0 Å². The average Bonchev–Trinajstić information content (AvgIpc) is 3.15. The number of benzene rings is 1. The van der Waals surface area contributed by atoms with Gasteiger partial charge in [0, 0.05) is 24.4 Å². The van der Waals surface area contributed by atoms with Crippen molar-refractivity contribution in [1.82, 2.24) is 9.80 Å².